The smallest absolute Gasteiger partial charge is 0.338 e. The molecule has 212 valence electrons. The first-order chi connectivity index (χ1) is 18.1. The van der Waals surface area contributed by atoms with Gasteiger partial charge < -0.3 is 29.5 Å². The molecule has 9 heteroatoms. The first-order valence-electron chi connectivity index (χ1n) is 13.5. The number of aliphatic hydroxyl groups is 3. The largest absolute Gasteiger partial charge is 0.455 e. The molecule has 5 rings (SSSR count). The second kappa shape index (κ2) is 8.96. The summed E-state index contributed by atoms with van der Waals surface area (Å²) >= 11 is 0. The molecule has 1 aromatic rings. The lowest BCUT2D eigenvalue weighted by atomic mass is 9.44. The number of Topliss-reactive ketones (excluding diaryl/α,β-unsaturated/α-hetero) is 1. The van der Waals surface area contributed by atoms with Crippen molar-refractivity contribution in [1.82, 2.24) is 0 Å². The maximum Gasteiger partial charge on any atom is 0.338 e. The maximum absolute atomic E-state index is 14.4. The number of hydrogen-bond acceptors (Lipinski definition) is 9. The van der Waals surface area contributed by atoms with Crippen molar-refractivity contribution in [3.05, 3.63) is 47.0 Å². The molecule has 9 nitrogen and oxygen atoms in total. The minimum absolute atomic E-state index is 0.0641. The van der Waals surface area contributed by atoms with Gasteiger partial charge in [0.1, 0.15) is 23.9 Å². The van der Waals surface area contributed by atoms with Gasteiger partial charge in [-0.15, -0.1) is 0 Å². The molecule has 1 heterocycles. The molecule has 3 aliphatic carbocycles. The zero-order valence-corrected chi connectivity index (χ0v) is 23.3. The van der Waals surface area contributed by atoms with Crippen LogP contribution in [0, 0.1) is 22.7 Å². The van der Waals surface area contributed by atoms with Gasteiger partial charge in [-0.1, -0.05) is 45.9 Å². The Balaban J connectivity index is 1.80. The quantitative estimate of drug-likeness (QED) is 0.388. The van der Waals surface area contributed by atoms with Crippen LogP contribution in [-0.4, -0.2) is 75.3 Å². The highest BCUT2D eigenvalue weighted by molar-refractivity contribution is 5.93. The van der Waals surface area contributed by atoms with E-state index in [-0.39, 0.29) is 36.5 Å². The van der Waals surface area contributed by atoms with E-state index in [9.17, 15) is 29.7 Å². The number of fused-ring (bicyclic) bond motifs is 5. The van der Waals surface area contributed by atoms with Crippen LogP contribution in [0.2, 0.25) is 0 Å². The molecular weight excluding hydrogens is 504 g/mol. The number of esters is 2. The van der Waals surface area contributed by atoms with Crippen LogP contribution in [0.1, 0.15) is 64.7 Å². The number of carbonyl (C=O) groups excluding carboxylic acids is 3. The Labute approximate surface area is 228 Å². The average Bonchev–Trinajstić information content (AvgIpc) is 2.84. The monoisotopic (exact) mass is 542 g/mol. The van der Waals surface area contributed by atoms with Crippen LogP contribution >= 0.6 is 0 Å². The van der Waals surface area contributed by atoms with E-state index in [1.165, 1.54) is 6.92 Å². The van der Waals surface area contributed by atoms with E-state index >= 15 is 0 Å². The van der Waals surface area contributed by atoms with E-state index in [2.05, 4.69) is 0 Å². The van der Waals surface area contributed by atoms with Gasteiger partial charge in [0.25, 0.3) is 0 Å². The summed E-state index contributed by atoms with van der Waals surface area (Å²) in [6.45, 7) is 9.78. The molecule has 3 fully saturated rings. The number of aliphatic hydroxyl groups excluding tert-OH is 2. The second-order valence-electron chi connectivity index (χ2n) is 12.7. The van der Waals surface area contributed by atoms with E-state index in [1.54, 1.807) is 58.0 Å². The molecule has 1 saturated heterocycles. The average molecular weight is 543 g/mol. The zero-order chi connectivity index (χ0) is 28.7. The Hall–Kier alpha value is -2.59. The van der Waals surface area contributed by atoms with Crippen molar-refractivity contribution in [1.29, 1.82) is 0 Å². The van der Waals surface area contributed by atoms with E-state index < -0.39 is 70.1 Å². The predicted octanol–water partition coefficient (Wildman–Crippen LogP) is 2.36. The van der Waals surface area contributed by atoms with Gasteiger partial charge >= 0.3 is 11.9 Å². The zero-order valence-electron chi connectivity index (χ0n) is 23.3. The van der Waals surface area contributed by atoms with Crippen LogP contribution in [-0.2, 0) is 23.8 Å². The SMILES string of the molecule is CC(=O)O[C@@]12CO[C@@H]1[C@@H](C)C[C@@]1(C)C(=O)[C@H](O)C3=C(C)[C@@H](O)C[C@@](O)([C@@H](OC(=O)c4ccccc4)[C@H]21)C3(C)C. The molecule has 1 aromatic carbocycles. The number of ether oxygens (including phenoxy) is 3. The van der Waals surface area contributed by atoms with Crippen LogP contribution in [0.3, 0.4) is 0 Å². The molecule has 3 N–H and O–H groups in total. The van der Waals surface area contributed by atoms with Crippen LogP contribution in [0.5, 0.6) is 0 Å². The fourth-order valence-corrected chi connectivity index (χ4v) is 8.24. The highest BCUT2D eigenvalue weighted by atomic mass is 16.6. The van der Waals surface area contributed by atoms with E-state index in [0.29, 0.717) is 5.57 Å². The van der Waals surface area contributed by atoms with E-state index in [0.717, 1.165) is 0 Å². The molecular formula is C30H38O9. The Bertz CT molecular complexity index is 1240. The first kappa shape index (κ1) is 28.0. The molecule has 1 aliphatic heterocycles. The molecule has 9 atom stereocenters. The number of rotatable bonds is 3. The molecule has 0 unspecified atom stereocenters. The summed E-state index contributed by atoms with van der Waals surface area (Å²) in [6.07, 6.45) is -4.82. The normalized spacial score (nSPS) is 42.7. The molecule has 0 radical (unpaired) electrons. The number of ketones is 1. The molecule has 0 amide bonds. The van der Waals surface area contributed by atoms with Crippen LogP contribution in [0.4, 0.5) is 0 Å². The lowest BCUT2D eigenvalue weighted by Gasteiger charge is -2.67. The lowest BCUT2D eigenvalue weighted by molar-refractivity contribution is -0.344. The maximum atomic E-state index is 14.4. The summed E-state index contributed by atoms with van der Waals surface area (Å²) in [5.41, 5.74) is -5.18. The van der Waals surface area contributed by atoms with Gasteiger partial charge in [-0.25, -0.2) is 4.79 Å². The van der Waals surface area contributed by atoms with Crippen LogP contribution < -0.4 is 0 Å². The van der Waals surface area contributed by atoms with Gasteiger partial charge in [0.05, 0.1) is 24.2 Å². The fourth-order valence-electron chi connectivity index (χ4n) is 8.24. The van der Waals surface area contributed by atoms with Crippen molar-refractivity contribution in [3.63, 3.8) is 0 Å². The fraction of sp³-hybridized carbons (Fsp3) is 0.633. The standard InChI is InChI=1S/C30H38O9/c1-15-12-28(6)22(29(39-17(3)31)14-37-24(15)29)25(38-26(35)18-10-8-7-9-11-18)30(36)13-19(32)16(2)20(27(30,4)5)21(33)23(28)34/h7-11,15,19,21-22,24-25,32-33,36H,12-14H2,1-6H3/t15-,19-,21+,22-,24+,25-,28+,29+,30+/m0/s1. The lowest BCUT2D eigenvalue weighted by Crippen LogP contribution is -2.80. The van der Waals surface area contributed by atoms with Gasteiger partial charge in [0.15, 0.2) is 11.4 Å². The number of carbonyl (C=O) groups is 3. The Morgan fingerprint density at radius 1 is 1.08 bits per heavy atom. The number of benzene rings is 1. The topological polar surface area (TPSA) is 140 Å². The van der Waals surface area contributed by atoms with E-state index in [4.69, 9.17) is 14.2 Å². The molecule has 0 aromatic heterocycles. The first-order valence-corrected chi connectivity index (χ1v) is 13.5. The molecule has 0 spiro atoms. The molecule has 2 bridgehead atoms. The van der Waals surface area contributed by atoms with Crippen LogP contribution in [0.15, 0.2) is 41.5 Å². The van der Waals surface area contributed by atoms with Gasteiger partial charge in [0, 0.05) is 24.2 Å². The third-order valence-electron chi connectivity index (χ3n) is 10.1. The summed E-state index contributed by atoms with van der Waals surface area (Å²) in [4.78, 5) is 40.5. The van der Waals surface area contributed by atoms with Crippen molar-refractivity contribution in [3.8, 4) is 0 Å². The Morgan fingerprint density at radius 3 is 2.28 bits per heavy atom. The van der Waals surface area contributed by atoms with Gasteiger partial charge in [-0.3, -0.25) is 9.59 Å². The predicted molar refractivity (Wildman–Crippen MR) is 138 cm³/mol. The van der Waals surface area contributed by atoms with Gasteiger partial charge in [-0.05, 0) is 42.5 Å². The summed E-state index contributed by atoms with van der Waals surface area (Å²) in [5, 5.41) is 35.5. The Morgan fingerprint density at radius 2 is 1.72 bits per heavy atom. The third kappa shape index (κ3) is 3.70. The van der Waals surface area contributed by atoms with Crippen molar-refractivity contribution < 1.29 is 43.9 Å². The highest BCUT2D eigenvalue weighted by Crippen LogP contribution is 2.64. The summed E-state index contributed by atoms with van der Waals surface area (Å²) in [5.74, 6) is -3.18. The third-order valence-corrected chi connectivity index (χ3v) is 10.1. The van der Waals surface area contributed by atoms with Gasteiger partial charge in [-0.2, -0.15) is 0 Å². The van der Waals surface area contributed by atoms with Crippen LogP contribution in [0.25, 0.3) is 0 Å². The van der Waals surface area contributed by atoms with Crippen molar-refractivity contribution in [2.45, 2.75) is 90.0 Å². The highest BCUT2D eigenvalue weighted by Gasteiger charge is 2.76. The van der Waals surface area contributed by atoms with Crippen molar-refractivity contribution in [2.75, 3.05) is 6.61 Å². The second-order valence-corrected chi connectivity index (χ2v) is 12.7. The molecule has 39 heavy (non-hydrogen) atoms. The van der Waals surface area contributed by atoms with Crippen molar-refractivity contribution >= 4 is 17.7 Å². The summed E-state index contributed by atoms with van der Waals surface area (Å²) in [7, 11) is 0. The van der Waals surface area contributed by atoms with Gasteiger partial charge in [0.2, 0.25) is 0 Å². The summed E-state index contributed by atoms with van der Waals surface area (Å²) in [6, 6.07) is 8.29. The Kier molecular flexibility index (Phi) is 6.42. The van der Waals surface area contributed by atoms with E-state index in [1.807, 2.05) is 6.92 Å². The van der Waals surface area contributed by atoms with Crippen molar-refractivity contribution in [2.24, 2.45) is 22.7 Å². The molecule has 2 saturated carbocycles. The minimum atomic E-state index is -1.95. The minimum Gasteiger partial charge on any atom is -0.455 e. The summed E-state index contributed by atoms with van der Waals surface area (Å²) < 4.78 is 18.1. The molecule has 4 aliphatic rings. The number of hydrogen-bond donors (Lipinski definition) is 3.